The van der Waals surface area contributed by atoms with Gasteiger partial charge in [0, 0.05) is 30.3 Å². The molecule has 2 fully saturated rings. The molecule has 1 aromatic rings. The third kappa shape index (κ3) is 1.27. The van der Waals surface area contributed by atoms with Crippen LogP contribution in [0.4, 0.5) is 0 Å². The predicted molar refractivity (Wildman–Crippen MR) is 81.6 cm³/mol. The fourth-order valence-electron chi connectivity index (χ4n) is 4.82. The maximum Gasteiger partial charge on any atom is 0.174 e. The predicted octanol–water partition coefficient (Wildman–Crippen LogP) is 1.93. The van der Waals surface area contributed by atoms with E-state index in [0.29, 0.717) is 11.1 Å². The minimum absolute atomic E-state index is 0.00414. The number of piperidine rings is 1. The first-order valence-electron chi connectivity index (χ1n) is 11.6. The molecule has 1 saturated carbocycles. The molecular weight excluding hydrogens is 278 g/mol. The van der Waals surface area contributed by atoms with Gasteiger partial charge in [0.25, 0.3) is 0 Å². The Hall–Kier alpha value is -1.55. The number of methoxy groups -OCH3 is 1. The van der Waals surface area contributed by atoms with Gasteiger partial charge in [0.2, 0.25) is 0 Å². The van der Waals surface area contributed by atoms with Crippen molar-refractivity contribution in [3.63, 3.8) is 0 Å². The number of Topliss-reactive ketones (excluding diaryl/α,β-unsaturated/α-hetero) is 1. The zero-order chi connectivity index (χ0) is 21.9. The summed E-state index contributed by atoms with van der Waals surface area (Å²) in [6.07, 6.45) is -0.877. The molecule has 1 spiro atoms. The van der Waals surface area contributed by atoms with E-state index >= 15 is 0 Å². The van der Waals surface area contributed by atoms with Gasteiger partial charge in [-0.05, 0) is 50.3 Å². The summed E-state index contributed by atoms with van der Waals surface area (Å²) in [6, 6.07) is 1.26. The third-order valence-corrected chi connectivity index (χ3v) is 5.66. The molecular formula is C18H21NO3. The fraction of sp³-hybridized carbons (Fsp3) is 0.611. The van der Waals surface area contributed by atoms with Gasteiger partial charge in [-0.2, -0.15) is 0 Å². The Morgan fingerprint density at radius 1 is 1.55 bits per heavy atom. The number of nitrogens with zero attached hydrogens (tertiary/aromatic N) is 1. The highest BCUT2D eigenvalue weighted by atomic mass is 16.5. The molecule has 2 aliphatic heterocycles. The van der Waals surface area contributed by atoms with E-state index in [4.69, 9.17) is 17.7 Å². The summed E-state index contributed by atoms with van der Waals surface area (Å²) in [5, 5.41) is 0. The fourth-order valence-corrected chi connectivity index (χ4v) is 4.82. The molecule has 0 N–H and O–H groups in total. The highest BCUT2D eigenvalue weighted by Gasteiger charge is 2.65. The van der Waals surface area contributed by atoms with Gasteiger partial charge in [-0.3, -0.25) is 4.79 Å². The average Bonchev–Trinajstić information content (AvgIpc) is 2.94. The SMILES string of the molecule is [2H]C([2H])([2H])Oc1ccc2c3c1OC1C(=O)CC[C@]4([2H])[C@@]31CCN(C([2H])([2H])[2H])[C@]4([2H])C2. The van der Waals surface area contributed by atoms with Crippen molar-refractivity contribution in [3.05, 3.63) is 23.3 Å². The lowest BCUT2D eigenvalue weighted by Gasteiger charge is -2.57. The molecule has 4 atom stereocenters. The third-order valence-electron chi connectivity index (χ3n) is 5.66. The van der Waals surface area contributed by atoms with Crippen LogP contribution in [0.15, 0.2) is 12.1 Å². The zero-order valence-corrected chi connectivity index (χ0v) is 11.9. The van der Waals surface area contributed by atoms with Crippen LogP contribution in [0.3, 0.4) is 0 Å². The van der Waals surface area contributed by atoms with E-state index < -0.39 is 37.4 Å². The van der Waals surface area contributed by atoms with Crippen LogP contribution in [-0.2, 0) is 16.6 Å². The molecule has 4 aliphatic rings. The Kier molecular flexibility index (Phi) is 1.35. The first kappa shape index (κ1) is 7.35. The normalized spacial score (nSPS) is 51.6. The summed E-state index contributed by atoms with van der Waals surface area (Å²) >= 11 is 0. The molecule has 2 aliphatic carbocycles. The highest BCUT2D eigenvalue weighted by Crippen LogP contribution is 2.62. The first-order chi connectivity index (χ1) is 13.7. The van der Waals surface area contributed by atoms with Gasteiger partial charge in [-0.25, -0.2) is 0 Å². The maximum atomic E-state index is 12.9. The van der Waals surface area contributed by atoms with E-state index in [0.717, 1.165) is 4.90 Å². The second kappa shape index (κ2) is 4.05. The summed E-state index contributed by atoms with van der Waals surface area (Å²) in [7, 11) is -2.72. The molecule has 5 rings (SSSR count). The molecule has 2 bridgehead atoms. The Balaban J connectivity index is 1.79. The molecule has 0 radical (unpaired) electrons. The lowest BCUT2D eigenvalue weighted by atomic mass is 9.52. The number of hydrogen-bond acceptors (Lipinski definition) is 4. The molecule has 116 valence electrons. The Labute approximate surface area is 141 Å². The van der Waals surface area contributed by atoms with Gasteiger partial charge in [-0.1, -0.05) is 6.07 Å². The second-order valence-electron chi connectivity index (χ2n) is 6.47. The van der Waals surface area contributed by atoms with Crippen molar-refractivity contribution >= 4 is 5.78 Å². The minimum Gasteiger partial charge on any atom is -0.493 e. The van der Waals surface area contributed by atoms with E-state index in [1.807, 2.05) is 0 Å². The summed E-state index contributed by atoms with van der Waals surface area (Å²) in [4.78, 5) is 14.0. The van der Waals surface area contributed by atoms with Crippen molar-refractivity contribution in [1.29, 1.82) is 0 Å². The average molecular weight is 307 g/mol. The van der Waals surface area contributed by atoms with Crippen molar-refractivity contribution in [2.45, 2.75) is 43.2 Å². The van der Waals surface area contributed by atoms with E-state index in [1.165, 1.54) is 6.07 Å². The smallest absolute Gasteiger partial charge is 0.174 e. The number of likely N-dealkylation sites (N-methyl/N-ethyl adjacent to an activating group) is 1. The van der Waals surface area contributed by atoms with Crippen LogP contribution in [0.2, 0.25) is 0 Å². The van der Waals surface area contributed by atoms with E-state index in [1.54, 1.807) is 6.07 Å². The van der Waals surface area contributed by atoms with Crippen LogP contribution in [0, 0.1) is 5.89 Å². The van der Waals surface area contributed by atoms with E-state index in [9.17, 15) is 7.54 Å². The van der Waals surface area contributed by atoms with Gasteiger partial charge in [-0.15, -0.1) is 0 Å². The van der Waals surface area contributed by atoms with E-state index in [-0.39, 0.29) is 49.5 Å². The molecule has 0 aromatic heterocycles. The Bertz CT molecular complexity index is 962. The number of benzene rings is 1. The number of carbonyl (C=O) groups is 1. The first-order valence-corrected chi connectivity index (χ1v) is 7.57. The van der Waals surface area contributed by atoms with Crippen LogP contribution in [0.1, 0.15) is 41.4 Å². The highest BCUT2D eigenvalue weighted by molar-refractivity contribution is 5.89. The summed E-state index contributed by atoms with van der Waals surface area (Å²) < 4.78 is 76.1. The van der Waals surface area contributed by atoms with Crippen molar-refractivity contribution in [2.24, 2.45) is 5.89 Å². The lowest BCUT2D eigenvalue weighted by molar-refractivity contribution is -0.138. The van der Waals surface area contributed by atoms with Gasteiger partial charge < -0.3 is 14.4 Å². The maximum absolute atomic E-state index is 12.9. The molecule has 22 heavy (non-hydrogen) atoms. The number of hydrogen-bond donors (Lipinski definition) is 0. The summed E-state index contributed by atoms with van der Waals surface area (Å²) in [5.74, 6) is -1.71. The zero-order valence-electron chi connectivity index (χ0n) is 19.9. The van der Waals surface area contributed by atoms with Crippen molar-refractivity contribution in [1.82, 2.24) is 4.90 Å². The van der Waals surface area contributed by atoms with Crippen LogP contribution in [0.5, 0.6) is 11.5 Å². The van der Waals surface area contributed by atoms with E-state index in [2.05, 4.69) is 0 Å². The van der Waals surface area contributed by atoms with Crippen LogP contribution < -0.4 is 9.47 Å². The quantitative estimate of drug-likeness (QED) is 0.795. The largest absolute Gasteiger partial charge is 0.493 e. The van der Waals surface area contributed by atoms with Gasteiger partial charge in [0.05, 0.1) is 11.2 Å². The van der Waals surface area contributed by atoms with Crippen LogP contribution in [-0.4, -0.2) is 43.4 Å². The van der Waals surface area contributed by atoms with Crippen LogP contribution in [0.25, 0.3) is 0 Å². The molecule has 0 amide bonds. The molecule has 2 heterocycles. The van der Waals surface area contributed by atoms with Crippen LogP contribution >= 0.6 is 0 Å². The number of likely N-dealkylation sites (tertiary alicyclic amines) is 1. The number of carbonyl (C=O) groups excluding carboxylic acids is 1. The number of ether oxygens (including phenoxy) is 2. The van der Waals surface area contributed by atoms with Crippen molar-refractivity contribution in [3.8, 4) is 11.5 Å². The summed E-state index contributed by atoms with van der Waals surface area (Å²) in [6.45, 7) is -2.55. The van der Waals surface area contributed by atoms with Gasteiger partial charge in [0.15, 0.2) is 23.4 Å². The molecule has 4 heteroatoms. The number of ketones is 1. The van der Waals surface area contributed by atoms with Crippen molar-refractivity contribution in [2.75, 3.05) is 20.6 Å². The monoisotopic (exact) mass is 307 g/mol. The Morgan fingerprint density at radius 2 is 2.50 bits per heavy atom. The Morgan fingerprint density at radius 3 is 3.36 bits per heavy atom. The molecule has 4 nitrogen and oxygen atoms in total. The molecule has 1 unspecified atom stereocenters. The second-order valence-corrected chi connectivity index (χ2v) is 6.47. The minimum atomic E-state index is -2.72. The number of rotatable bonds is 1. The standard InChI is InChI=1S/C18H21NO3/c1-19-8-7-18-11-4-5-13(20)17(18)22-16-14(21-2)6-3-10(15(16)18)9-12(11)19/h3,6,11-12,17H,4-5,7-9H2,1-2H3/t11-,12+,17?,18-/m0/s1/i1D3,2D3,11D,12D. The van der Waals surface area contributed by atoms with Gasteiger partial charge in [0.1, 0.15) is 0 Å². The van der Waals surface area contributed by atoms with Crippen molar-refractivity contribution < 1.29 is 25.2 Å². The lowest BCUT2D eigenvalue weighted by Crippen LogP contribution is -2.65. The summed E-state index contributed by atoms with van der Waals surface area (Å²) in [5.41, 5.74) is -0.0552. The topological polar surface area (TPSA) is 38.8 Å². The van der Waals surface area contributed by atoms with Gasteiger partial charge >= 0.3 is 0 Å². The molecule has 1 aromatic carbocycles. The molecule has 1 saturated heterocycles.